The van der Waals surface area contributed by atoms with Crippen LogP contribution in [0.5, 0.6) is 0 Å². The van der Waals surface area contributed by atoms with Crippen LogP contribution in [0.1, 0.15) is 42.3 Å². The predicted octanol–water partition coefficient (Wildman–Crippen LogP) is 4.79. The minimum absolute atomic E-state index is 0.0711. The Labute approximate surface area is 160 Å². The van der Waals surface area contributed by atoms with Crippen molar-refractivity contribution in [2.24, 2.45) is 0 Å². The van der Waals surface area contributed by atoms with E-state index >= 15 is 0 Å². The Morgan fingerprint density at radius 2 is 2.08 bits per heavy atom. The van der Waals surface area contributed by atoms with Crippen LogP contribution in [0.2, 0.25) is 0 Å². The highest BCUT2D eigenvalue weighted by Crippen LogP contribution is 2.42. The van der Waals surface area contributed by atoms with Gasteiger partial charge in [0.05, 0.1) is 24.3 Å². The summed E-state index contributed by atoms with van der Waals surface area (Å²) < 4.78 is 6.86. The van der Waals surface area contributed by atoms with Crippen molar-refractivity contribution in [3.05, 3.63) is 50.3 Å². The monoisotopic (exact) mass is 418 g/mol. The summed E-state index contributed by atoms with van der Waals surface area (Å²) in [6.07, 6.45) is 0.686. The summed E-state index contributed by atoms with van der Waals surface area (Å²) in [5.41, 5.74) is 2.37. The van der Waals surface area contributed by atoms with Crippen molar-refractivity contribution in [3.63, 3.8) is 0 Å². The molecule has 0 N–H and O–H groups in total. The second kappa shape index (κ2) is 6.91. The van der Waals surface area contributed by atoms with Crippen molar-refractivity contribution in [1.82, 2.24) is 0 Å². The van der Waals surface area contributed by atoms with E-state index in [-0.39, 0.29) is 11.5 Å². The first kappa shape index (κ1) is 18.1. The third kappa shape index (κ3) is 3.79. The lowest BCUT2D eigenvalue weighted by atomic mass is 9.93. The molecular formula is C19H19BrN2O2S. The molecule has 0 atom stereocenters. The molecule has 1 aromatic carbocycles. The number of anilines is 1. The van der Waals surface area contributed by atoms with Gasteiger partial charge < -0.3 is 4.74 Å². The Balaban J connectivity index is 2.00. The van der Waals surface area contributed by atoms with Crippen LogP contribution < -0.4 is 4.90 Å². The number of thiophene rings is 1. The van der Waals surface area contributed by atoms with Crippen molar-refractivity contribution < 1.29 is 9.53 Å². The molecule has 2 aromatic rings. The number of nitrogens with zero attached hydrogens (tertiary/aromatic N) is 2. The largest absolute Gasteiger partial charge is 0.370 e. The van der Waals surface area contributed by atoms with E-state index in [0.29, 0.717) is 25.1 Å². The van der Waals surface area contributed by atoms with Crippen molar-refractivity contribution in [1.29, 1.82) is 5.26 Å². The Hall–Kier alpha value is -1.68. The van der Waals surface area contributed by atoms with E-state index in [9.17, 15) is 10.1 Å². The normalized spacial score (nSPS) is 15.3. The van der Waals surface area contributed by atoms with Gasteiger partial charge in [0, 0.05) is 22.7 Å². The Morgan fingerprint density at radius 1 is 1.40 bits per heavy atom. The fourth-order valence-electron chi connectivity index (χ4n) is 2.94. The molecule has 0 fully saturated rings. The second-order valence-corrected chi connectivity index (χ2v) is 8.75. The molecule has 6 heteroatoms. The van der Waals surface area contributed by atoms with Crippen LogP contribution in [-0.4, -0.2) is 11.5 Å². The Bertz CT molecular complexity index is 850. The maximum atomic E-state index is 12.3. The van der Waals surface area contributed by atoms with Crippen molar-refractivity contribution in [2.75, 3.05) is 4.90 Å². The van der Waals surface area contributed by atoms with E-state index in [4.69, 9.17) is 4.74 Å². The topological polar surface area (TPSA) is 53.3 Å². The van der Waals surface area contributed by atoms with Gasteiger partial charge in [0.2, 0.25) is 5.91 Å². The lowest BCUT2D eigenvalue weighted by molar-refractivity contribution is -0.116. The Kier molecular flexibility index (Phi) is 5.01. The molecule has 0 bridgehead atoms. The van der Waals surface area contributed by atoms with E-state index < -0.39 is 0 Å². The number of hydrogen-bond donors (Lipinski definition) is 0. The zero-order valence-electron chi connectivity index (χ0n) is 14.4. The summed E-state index contributed by atoms with van der Waals surface area (Å²) in [7, 11) is 0. The van der Waals surface area contributed by atoms with Gasteiger partial charge in [0.25, 0.3) is 0 Å². The van der Waals surface area contributed by atoms with Crippen LogP contribution in [-0.2, 0) is 29.1 Å². The number of fused-ring (bicyclic) bond motifs is 1. The molecule has 1 aliphatic heterocycles. The lowest BCUT2D eigenvalue weighted by Crippen LogP contribution is -2.31. The molecule has 130 valence electrons. The fraction of sp³-hybridized carbons (Fsp3) is 0.368. The number of nitriles is 1. The van der Waals surface area contributed by atoms with Crippen LogP contribution in [0, 0.1) is 11.3 Å². The standard InChI is InChI=1S/C19H19BrN2O2S/c1-12(23)22(10-13-4-6-14(20)7-5-13)18-16(9-21)15-8-19(2,3)24-11-17(15)25-18/h4-7H,8,10-11H2,1-3H3. The molecule has 0 saturated carbocycles. The number of ether oxygens (including phenoxy) is 1. The zero-order valence-corrected chi connectivity index (χ0v) is 16.8. The molecule has 1 amide bonds. The molecule has 25 heavy (non-hydrogen) atoms. The number of halogens is 1. The first-order valence-electron chi connectivity index (χ1n) is 8.02. The van der Waals surface area contributed by atoms with Crippen molar-refractivity contribution >= 4 is 38.2 Å². The van der Waals surface area contributed by atoms with Crippen LogP contribution in [0.25, 0.3) is 0 Å². The molecule has 0 spiro atoms. The van der Waals surface area contributed by atoms with E-state index in [1.54, 1.807) is 11.8 Å². The quantitative estimate of drug-likeness (QED) is 0.719. The van der Waals surface area contributed by atoms with Crippen molar-refractivity contribution in [3.8, 4) is 6.07 Å². The van der Waals surface area contributed by atoms with Crippen LogP contribution in [0.3, 0.4) is 0 Å². The number of carbonyl (C=O) groups is 1. The van der Waals surface area contributed by atoms with Gasteiger partial charge in [-0.2, -0.15) is 5.26 Å². The van der Waals surface area contributed by atoms with Gasteiger partial charge >= 0.3 is 0 Å². The summed E-state index contributed by atoms with van der Waals surface area (Å²) >= 11 is 4.92. The van der Waals surface area contributed by atoms with E-state index in [0.717, 1.165) is 25.5 Å². The van der Waals surface area contributed by atoms with Gasteiger partial charge in [-0.25, -0.2) is 0 Å². The SMILES string of the molecule is CC(=O)N(Cc1ccc(Br)cc1)c1sc2c(c1C#N)CC(C)(C)OC2. The minimum atomic E-state index is -0.288. The summed E-state index contributed by atoms with van der Waals surface area (Å²) in [5, 5.41) is 10.5. The summed E-state index contributed by atoms with van der Waals surface area (Å²) in [5.74, 6) is -0.0711. The number of benzene rings is 1. The smallest absolute Gasteiger partial charge is 0.224 e. The third-order valence-electron chi connectivity index (χ3n) is 4.26. The highest BCUT2D eigenvalue weighted by Gasteiger charge is 2.33. The average molecular weight is 419 g/mol. The number of rotatable bonds is 3. The van der Waals surface area contributed by atoms with E-state index in [2.05, 4.69) is 22.0 Å². The van der Waals surface area contributed by atoms with Gasteiger partial charge in [0.1, 0.15) is 11.1 Å². The lowest BCUT2D eigenvalue weighted by Gasteiger charge is -2.30. The number of hydrogen-bond acceptors (Lipinski definition) is 4. The van der Waals surface area contributed by atoms with Gasteiger partial charge in [-0.3, -0.25) is 9.69 Å². The molecule has 3 rings (SSSR count). The van der Waals surface area contributed by atoms with Crippen LogP contribution >= 0.6 is 27.3 Å². The fourth-order valence-corrected chi connectivity index (χ4v) is 4.43. The molecular weight excluding hydrogens is 400 g/mol. The molecule has 0 radical (unpaired) electrons. The maximum Gasteiger partial charge on any atom is 0.224 e. The van der Waals surface area contributed by atoms with Crippen LogP contribution in [0.4, 0.5) is 5.00 Å². The van der Waals surface area contributed by atoms with E-state index in [1.807, 2.05) is 38.1 Å². The second-order valence-electron chi connectivity index (χ2n) is 6.75. The molecule has 0 saturated heterocycles. The maximum absolute atomic E-state index is 12.3. The summed E-state index contributed by atoms with van der Waals surface area (Å²) in [6.45, 7) is 6.53. The molecule has 1 aromatic heterocycles. The molecule has 1 aliphatic rings. The number of amides is 1. The highest BCUT2D eigenvalue weighted by atomic mass is 79.9. The molecule has 0 unspecified atom stereocenters. The van der Waals surface area contributed by atoms with Gasteiger partial charge in [-0.05, 0) is 37.1 Å². The molecule has 4 nitrogen and oxygen atoms in total. The van der Waals surface area contributed by atoms with Crippen molar-refractivity contribution in [2.45, 2.75) is 45.9 Å². The number of carbonyl (C=O) groups excluding carboxylic acids is 1. The van der Waals surface area contributed by atoms with Gasteiger partial charge in [-0.15, -0.1) is 11.3 Å². The van der Waals surface area contributed by atoms with Gasteiger partial charge in [-0.1, -0.05) is 28.1 Å². The summed E-state index contributed by atoms with van der Waals surface area (Å²) in [6, 6.07) is 10.2. The third-order valence-corrected chi connectivity index (χ3v) is 6.02. The zero-order chi connectivity index (χ0) is 18.2. The minimum Gasteiger partial charge on any atom is -0.370 e. The molecule has 0 aliphatic carbocycles. The predicted molar refractivity (Wildman–Crippen MR) is 103 cm³/mol. The average Bonchev–Trinajstić information content (AvgIpc) is 2.90. The summed E-state index contributed by atoms with van der Waals surface area (Å²) in [4.78, 5) is 15.0. The van der Waals surface area contributed by atoms with E-state index in [1.165, 1.54) is 11.3 Å². The van der Waals surface area contributed by atoms with Gasteiger partial charge in [0.15, 0.2) is 0 Å². The first-order chi connectivity index (χ1) is 11.8. The molecule has 2 heterocycles. The van der Waals surface area contributed by atoms with Crippen LogP contribution in [0.15, 0.2) is 28.7 Å². The Morgan fingerprint density at radius 3 is 2.68 bits per heavy atom. The first-order valence-corrected chi connectivity index (χ1v) is 9.63. The highest BCUT2D eigenvalue weighted by molar-refractivity contribution is 9.10.